The number of hydrogen-bond donors (Lipinski definition) is 2. The summed E-state index contributed by atoms with van der Waals surface area (Å²) >= 11 is 16.5. The Morgan fingerprint density at radius 1 is 0.581 bits per heavy atom. The third kappa shape index (κ3) is 10.9. The molecule has 2 amide bonds. The Bertz CT molecular complexity index is 3650. The third-order valence-electron chi connectivity index (χ3n) is 11.5. The molecule has 0 saturated carbocycles. The Kier molecular flexibility index (Phi) is 15.5. The summed E-state index contributed by atoms with van der Waals surface area (Å²) in [5.41, 5.74) is 7.00. The van der Waals surface area contributed by atoms with Crippen LogP contribution in [0.25, 0.3) is 21.8 Å². The quantitative estimate of drug-likeness (QED) is 0.0925. The molecule has 0 aliphatic carbocycles. The van der Waals surface area contributed by atoms with E-state index < -0.39 is 11.8 Å². The first-order valence-corrected chi connectivity index (χ1v) is 24.6. The number of halogens is 3. The largest absolute Gasteiger partial charge is 0.493 e. The second-order valence-electron chi connectivity index (χ2n) is 16.2. The first-order chi connectivity index (χ1) is 36.1. The molecule has 1 aliphatic rings. The lowest BCUT2D eigenvalue weighted by Crippen LogP contribution is -2.30. The van der Waals surface area contributed by atoms with E-state index in [0.717, 1.165) is 31.7 Å². The molecule has 3 aromatic heterocycles. The topological polar surface area (TPSA) is 185 Å². The standard InChI is InChI=1S/C32H22ClN5O4.C25H19BrClN3O2/c1-2-41-29-15-26-24(14-27(29)38-31(39)22-8-3-4-9-23(22)32(38)40)30(19(16-34)17-36-26)37-20-10-11-28(25(33)13-20)42-18-21-7-5-6-12-35-21;1-2-31-24-12-22-19(11-20(24)26)25(17(13-28)14-29-22)30-18-8-9-23(21(27)10-18)32-15-16-6-4-3-5-7-16/h3-15,17H,2,18H2,1H3,(H,36,37);3-12,14H,2,15H2,1H3,(H,29,30). The van der Waals surface area contributed by atoms with Gasteiger partial charge in [-0.1, -0.05) is 71.7 Å². The van der Waals surface area contributed by atoms with Gasteiger partial charge in [-0.3, -0.25) is 24.5 Å². The van der Waals surface area contributed by atoms with Crippen LogP contribution in [-0.2, 0) is 13.2 Å². The maximum Gasteiger partial charge on any atom is 0.266 e. The van der Waals surface area contributed by atoms with Crippen molar-refractivity contribution in [2.45, 2.75) is 27.1 Å². The Morgan fingerprint density at radius 3 is 1.65 bits per heavy atom. The summed E-state index contributed by atoms with van der Waals surface area (Å²) in [5, 5.41) is 28.3. The highest BCUT2D eigenvalue weighted by Crippen LogP contribution is 2.42. The van der Waals surface area contributed by atoms with E-state index in [1.165, 1.54) is 6.20 Å². The number of anilines is 5. The zero-order chi connectivity index (χ0) is 51.7. The zero-order valence-electron chi connectivity index (χ0n) is 39.5. The highest BCUT2D eigenvalue weighted by molar-refractivity contribution is 9.10. The number of fused-ring (bicyclic) bond motifs is 3. The molecule has 0 bridgehead atoms. The number of carbonyl (C=O) groups is 2. The molecule has 6 aromatic carbocycles. The van der Waals surface area contributed by atoms with E-state index in [4.69, 9.17) is 42.1 Å². The van der Waals surface area contributed by atoms with Crippen molar-refractivity contribution in [2.24, 2.45) is 0 Å². The Labute approximate surface area is 443 Å². The highest BCUT2D eigenvalue weighted by Gasteiger charge is 2.38. The molecule has 366 valence electrons. The van der Waals surface area contributed by atoms with E-state index in [-0.39, 0.29) is 17.9 Å². The molecule has 9 aromatic rings. The van der Waals surface area contributed by atoms with E-state index in [1.807, 2.05) is 86.6 Å². The molecule has 0 atom stereocenters. The highest BCUT2D eigenvalue weighted by atomic mass is 79.9. The minimum absolute atomic E-state index is 0.254. The number of hydrogen-bond acceptors (Lipinski definition) is 13. The first-order valence-electron chi connectivity index (χ1n) is 23.0. The normalized spacial score (nSPS) is 11.5. The molecule has 0 radical (unpaired) electrons. The van der Waals surface area contributed by atoms with Crippen molar-refractivity contribution >= 4 is 101 Å². The van der Waals surface area contributed by atoms with Crippen LogP contribution in [0.4, 0.5) is 28.4 Å². The summed E-state index contributed by atoms with van der Waals surface area (Å²) < 4.78 is 24.0. The lowest BCUT2D eigenvalue weighted by Gasteiger charge is -2.20. The van der Waals surface area contributed by atoms with Crippen LogP contribution >= 0.6 is 39.1 Å². The SMILES string of the molecule is CCOc1cc2ncc(C#N)c(Nc3ccc(OCc4ccccc4)c(Cl)c3)c2cc1Br.CCOc1cc2ncc(C#N)c(Nc3ccc(OCc4ccccn4)c(Cl)c3)c2cc1N1C(=O)c2ccccc2C1=O. The van der Waals surface area contributed by atoms with Crippen molar-refractivity contribution in [1.82, 2.24) is 15.0 Å². The smallest absolute Gasteiger partial charge is 0.266 e. The van der Waals surface area contributed by atoms with Gasteiger partial charge < -0.3 is 29.6 Å². The number of rotatable bonds is 15. The molecule has 10 rings (SSSR count). The molecule has 2 N–H and O–H groups in total. The molecule has 17 heteroatoms. The maximum absolute atomic E-state index is 13.3. The number of nitriles is 2. The monoisotopic (exact) mass is 1080 g/mol. The Hall–Kier alpha value is -8.73. The molecule has 1 aliphatic heterocycles. The molecule has 0 fully saturated rings. The van der Waals surface area contributed by atoms with E-state index in [0.29, 0.717) is 103 Å². The van der Waals surface area contributed by atoms with E-state index >= 15 is 0 Å². The first kappa shape index (κ1) is 50.2. The van der Waals surface area contributed by atoms with Crippen molar-refractivity contribution in [3.63, 3.8) is 0 Å². The van der Waals surface area contributed by atoms with Gasteiger partial charge in [-0.15, -0.1) is 0 Å². The third-order valence-corrected chi connectivity index (χ3v) is 12.7. The van der Waals surface area contributed by atoms with Crippen LogP contribution < -0.4 is 34.5 Å². The number of benzene rings is 6. The van der Waals surface area contributed by atoms with Gasteiger partial charge in [-0.05, 0) is 108 Å². The number of amides is 2. The minimum Gasteiger partial charge on any atom is -0.493 e. The number of pyridine rings is 3. The van der Waals surface area contributed by atoms with Crippen molar-refractivity contribution in [3.05, 3.63) is 200 Å². The number of ether oxygens (including phenoxy) is 4. The number of imide groups is 1. The zero-order valence-corrected chi connectivity index (χ0v) is 42.6. The van der Waals surface area contributed by atoms with Gasteiger partial charge in [0.05, 0.1) is 83.8 Å². The van der Waals surface area contributed by atoms with Crippen LogP contribution in [0, 0.1) is 22.7 Å². The van der Waals surface area contributed by atoms with Gasteiger partial charge in [0.1, 0.15) is 48.4 Å². The number of nitrogens with zero attached hydrogens (tertiary/aromatic N) is 6. The van der Waals surface area contributed by atoms with Crippen molar-refractivity contribution in [1.29, 1.82) is 10.5 Å². The van der Waals surface area contributed by atoms with Crippen LogP contribution in [0.1, 0.15) is 56.9 Å². The predicted molar refractivity (Wildman–Crippen MR) is 289 cm³/mol. The van der Waals surface area contributed by atoms with E-state index in [2.05, 4.69) is 53.7 Å². The molecule has 14 nitrogen and oxygen atoms in total. The van der Waals surface area contributed by atoms with Gasteiger partial charge >= 0.3 is 0 Å². The molecular weight excluding hydrogens is 1040 g/mol. The second-order valence-corrected chi connectivity index (χ2v) is 17.9. The molecule has 0 saturated heterocycles. The molecule has 4 heterocycles. The summed E-state index contributed by atoms with van der Waals surface area (Å²) in [7, 11) is 0. The molecular formula is C57H41BrCl2N8O6. The minimum atomic E-state index is -0.456. The average molecular weight is 1080 g/mol. The van der Waals surface area contributed by atoms with Crippen molar-refractivity contribution in [2.75, 3.05) is 28.7 Å². The second kappa shape index (κ2) is 22.8. The number of aromatic nitrogens is 3. The average Bonchev–Trinajstić information content (AvgIpc) is 3.67. The lowest BCUT2D eigenvalue weighted by atomic mass is 10.1. The Balaban J connectivity index is 0.000000189. The van der Waals surface area contributed by atoms with Crippen LogP contribution in [-0.4, -0.2) is 40.0 Å². The summed E-state index contributed by atoms with van der Waals surface area (Å²) in [6.45, 7) is 5.26. The van der Waals surface area contributed by atoms with Gasteiger partial charge in [0.25, 0.3) is 11.8 Å². The van der Waals surface area contributed by atoms with Crippen LogP contribution in [0.3, 0.4) is 0 Å². The van der Waals surface area contributed by atoms with Gasteiger partial charge in [0.15, 0.2) is 0 Å². The van der Waals surface area contributed by atoms with Gasteiger partial charge in [-0.2, -0.15) is 10.5 Å². The van der Waals surface area contributed by atoms with Crippen molar-refractivity contribution < 1.29 is 28.5 Å². The fraction of sp³-hybridized carbons (Fsp3) is 0.105. The molecule has 0 unspecified atom stereocenters. The fourth-order valence-corrected chi connectivity index (χ4v) is 8.94. The Morgan fingerprint density at radius 2 is 1.11 bits per heavy atom. The lowest BCUT2D eigenvalue weighted by molar-refractivity contribution is 0.0924. The number of nitrogens with one attached hydrogen (secondary N) is 2. The fourth-order valence-electron chi connectivity index (χ4n) is 8.01. The molecule has 0 spiro atoms. The summed E-state index contributed by atoms with van der Waals surface area (Å²) in [6.07, 6.45) is 4.69. The predicted octanol–water partition coefficient (Wildman–Crippen LogP) is 13.9. The summed E-state index contributed by atoms with van der Waals surface area (Å²) in [4.78, 5) is 40.9. The summed E-state index contributed by atoms with van der Waals surface area (Å²) in [6, 6.07) is 44.2. The number of carbonyl (C=O) groups excluding carboxylic acids is 2. The summed E-state index contributed by atoms with van der Waals surface area (Å²) in [5.74, 6) is 1.17. The maximum atomic E-state index is 13.3. The van der Waals surface area contributed by atoms with Crippen LogP contribution in [0.15, 0.2) is 157 Å². The van der Waals surface area contributed by atoms with E-state index in [1.54, 1.807) is 73.1 Å². The van der Waals surface area contributed by atoms with E-state index in [9.17, 15) is 20.1 Å². The van der Waals surface area contributed by atoms with Gasteiger partial charge in [0.2, 0.25) is 0 Å². The van der Waals surface area contributed by atoms with Crippen molar-refractivity contribution in [3.8, 4) is 35.1 Å². The van der Waals surface area contributed by atoms with Crippen LogP contribution in [0.2, 0.25) is 10.0 Å². The van der Waals surface area contributed by atoms with Gasteiger partial charge in [0, 0.05) is 52.9 Å². The van der Waals surface area contributed by atoms with Gasteiger partial charge in [-0.25, -0.2) is 4.90 Å². The molecule has 74 heavy (non-hydrogen) atoms. The van der Waals surface area contributed by atoms with Crippen LogP contribution in [0.5, 0.6) is 23.0 Å².